The largest absolute Gasteiger partial charge is 0.370 e. The van der Waals surface area contributed by atoms with Crippen molar-refractivity contribution in [2.24, 2.45) is 10.7 Å². The highest BCUT2D eigenvalue weighted by molar-refractivity contribution is 7.09. The van der Waals surface area contributed by atoms with Crippen molar-refractivity contribution in [1.82, 2.24) is 4.98 Å². The second kappa shape index (κ2) is 6.26. The maximum atomic E-state index is 5.95. The number of hydrogen-bond acceptors (Lipinski definition) is 3. The first kappa shape index (κ1) is 14.1. The van der Waals surface area contributed by atoms with Gasteiger partial charge in [0, 0.05) is 11.1 Å². The van der Waals surface area contributed by atoms with Crippen LogP contribution in [-0.2, 0) is 25.8 Å². The minimum atomic E-state index is 0.444. The molecule has 0 saturated heterocycles. The SMILES string of the molecule is CCc1nc(CN=C(N)Nc2ccc3c(c2)CCC3)cs1. The number of aryl methyl sites for hydroxylation is 3. The van der Waals surface area contributed by atoms with Crippen LogP contribution >= 0.6 is 11.3 Å². The summed E-state index contributed by atoms with van der Waals surface area (Å²) < 4.78 is 0. The van der Waals surface area contributed by atoms with Crippen molar-refractivity contribution in [2.45, 2.75) is 39.2 Å². The lowest BCUT2D eigenvalue weighted by Gasteiger charge is -2.07. The Kier molecular flexibility index (Phi) is 4.20. The molecule has 21 heavy (non-hydrogen) atoms. The molecule has 0 radical (unpaired) electrons. The Balaban J connectivity index is 1.62. The predicted molar refractivity (Wildman–Crippen MR) is 88.9 cm³/mol. The van der Waals surface area contributed by atoms with Gasteiger partial charge in [0.05, 0.1) is 17.2 Å². The first-order valence-electron chi connectivity index (χ1n) is 7.36. The molecule has 0 spiro atoms. The second-order valence-electron chi connectivity index (χ2n) is 5.25. The van der Waals surface area contributed by atoms with Crippen LogP contribution in [0.15, 0.2) is 28.6 Å². The van der Waals surface area contributed by atoms with E-state index >= 15 is 0 Å². The van der Waals surface area contributed by atoms with E-state index in [1.807, 2.05) is 5.38 Å². The van der Waals surface area contributed by atoms with Crippen LogP contribution in [-0.4, -0.2) is 10.9 Å². The molecule has 1 heterocycles. The fourth-order valence-electron chi connectivity index (χ4n) is 2.59. The Bertz CT molecular complexity index is 660. The standard InChI is InChI=1S/C16H20N4S/c1-2-15-19-14(10-21-15)9-18-16(17)20-13-7-6-11-4-3-5-12(11)8-13/h6-8,10H,2-5,9H2,1H3,(H3,17,18,20). The molecule has 0 aliphatic heterocycles. The number of benzene rings is 1. The van der Waals surface area contributed by atoms with E-state index in [4.69, 9.17) is 5.73 Å². The molecule has 1 aromatic heterocycles. The lowest BCUT2D eigenvalue weighted by Crippen LogP contribution is -2.22. The number of thiazole rings is 1. The molecule has 1 aliphatic rings. The lowest BCUT2D eigenvalue weighted by molar-refractivity contribution is 0.912. The molecule has 5 heteroatoms. The van der Waals surface area contributed by atoms with Gasteiger partial charge in [0.2, 0.25) is 0 Å². The molecule has 0 amide bonds. The van der Waals surface area contributed by atoms with Gasteiger partial charge in [-0.2, -0.15) is 0 Å². The average Bonchev–Trinajstić information content (AvgIpc) is 3.13. The monoisotopic (exact) mass is 300 g/mol. The highest BCUT2D eigenvalue weighted by Crippen LogP contribution is 2.24. The molecule has 0 fully saturated rings. The number of fused-ring (bicyclic) bond motifs is 1. The van der Waals surface area contributed by atoms with Crippen LogP contribution in [0.2, 0.25) is 0 Å². The molecule has 110 valence electrons. The highest BCUT2D eigenvalue weighted by atomic mass is 32.1. The van der Waals surface area contributed by atoms with Crippen LogP contribution in [0.1, 0.15) is 35.2 Å². The third-order valence-electron chi connectivity index (χ3n) is 3.68. The molecule has 4 nitrogen and oxygen atoms in total. The molecule has 3 rings (SSSR count). The quantitative estimate of drug-likeness (QED) is 0.673. The van der Waals surface area contributed by atoms with Gasteiger partial charge >= 0.3 is 0 Å². The first-order chi connectivity index (χ1) is 10.2. The van der Waals surface area contributed by atoms with E-state index in [2.05, 4.69) is 40.4 Å². The van der Waals surface area contributed by atoms with Gasteiger partial charge in [-0.1, -0.05) is 13.0 Å². The topological polar surface area (TPSA) is 63.3 Å². The number of nitrogens with one attached hydrogen (secondary N) is 1. The van der Waals surface area contributed by atoms with Crippen molar-refractivity contribution in [1.29, 1.82) is 0 Å². The summed E-state index contributed by atoms with van der Waals surface area (Å²) in [6, 6.07) is 6.44. The Morgan fingerprint density at radius 1 is 1.38 bits per heavy atom. The number of hydrogen-bond donors (Lipinski definition) is 2. The molecule has 1 aliphatic carbocycles. The van der Waals surface area contributed by atoms with E-state index in [1.165, 1.54) is 30.4 Å². The molecule has 3 N–H and O–H groups in total. The maximum absolute atomic E-state index is 5.95. The predicted octanol–water partition coefficient (Wildman–Crippen LogP) is 3.12. The molecule has 0 saturated carbocycles. The van der Waals surface area contributed by atoms with E-state index in [0.717, 1.165) is 22.8 Å². The summed E-state index contributed by atoms with van der Waals surface area (Å²) in [5.74, 6) is 0.444. The summed E-state index contributed by atoms with van der Waals surface area (Å²) >= 11 is 1.68. The van der Waals surface area contributed by atoms with Crippen LogP contribution in [0.25, 0.3) is 0 Å². The summed E-state index contributed by atoms with van der Waals surface area (Å²) in [4.78, 5) is 8.84. The summed E-state index contributed by atoms with van der Waals surface area (Å²) in [6.45, 7) is 2.63. The van der Waals surface area contributed by atoms with Crippen LogP contribution in [0.3, 0.4) is 0 Å². The van der Waals surface area contributed by atoms with Gasteiger partial charge in [0.25, 0.3) is 0 Å². The number of nitrogens with zero attached hydrogens (tertiary/aromatic N) is 2. The van der Waals surface area contributed by atoms with Gasteiger partial charge in [0.15, 0.2) is 5.96 Å². The number of aliphatic imine (C=N–C) groups is 1. The minimum Gasteiger partial charge on any atom is -0.370 e. The van der Waals surface area contributed by atoms with E-state index in [0.29, 0.717) is 12.5 Å². The molecular formula is C16H20N4S. The van der Waals surface area contributed by atoms with Crippen LogP contribution < -0.4 is 11.1 Å². The third kappa shape index (κ3) is 3.42. The fourth-order valence-corrected chi connectivity index (χ4v) is 3.32. The lowest BCUT2D eigenvalue weighted by atomic mass is 10.1. The van der Waals surface area contributed by atoms with Gasteiger partial charge in [0.1, 0.15) is 0 Å². The number of aromatic nitrogens is 1. The Morgan fingerprint density at radius 3 is 3.05 bits per heavy atom. The van der Waals surface area contributed by atoms with Gasteiger partial charge in [-0.25, -0.2) is 9.98 Å². The Morgan fingerprint density at radius 2 is 2.24 bits per heavy atom. The zero-order chi connectivity index (χ0) is 14.7. The maximum Gasteiger partial charge on any atom is 0.193 e. The number of anilines is 1. The van der Waals surface area contributed by atoms with Crippen molar-refractivity contribution in [2.75, 3.05) is 5.32 Å². The summed E-state index contributed by atoms with van der Waals surface area (Å²) in [5, 5.41) is 6.36. The Hall–Kier alpha value is -1.88. The van der Waals surface area contributed by atoms with Crippen molar-refractivity contribution < 1.29 is 0 Å². The van der Waals surface area contributed by atoms with Crippen molar-refractivity contribution in [3.05, 3.63) is 45.4 Å². The minimum absolute atomic E-state index is 0.444. The number of guanidine groups is 1. The molecule has 2 aromatic rings. The van der Waals surface area contributed by atoms with E-state index in [-0.39, 0.29) is 0 Å². The van der Waals surface area contributed by atoms with Gasteiger partial charge in [-0.3, -0.25) is 0 Å². The first-order valence-corrected chi connectivity index (χ1v) is 8.24. The zero-order valence-corrected chi connectivity index (χ0v) is 13.0. The Labute approximate surface area is 129 Å². The van der Waals surface area contributed by atoms with Crippen LogP contribution in [0.4, 0.5) is 5.69 Å². The number of nitrogens with two attached hydrogens (primary N) is 1. The highest BCUT2D eigenvalue weighted by Gasteiger charge is 2.10. The van der Waals surface area contributed by atoms with Gasteiger partial charge in [-0.15, -0.1) is 11.3 Å². The summed E-state index contributed by atoms with van der Waals surface area (Å²) in [7, 11) is 0. The van der Waals surface area contributed by atoms with Crippen molar-refractivity contribution in [3.63, 3.8) is 0 Å². The fraction of sp³-hybridized carbons (Fsp3) is 0.375. The van der Waals surface area contributed by atoms with E-state index < -0.39 is 0 Å². The third-order valence-corrected chi connectivity index (χ3v) is 4.73. The number of rotatable bonds is 4. The molecule has 0 unspecified atom stereocenters. The van der Waals surface area contributed by atoms with Crippen LogP contribution in [0.5, 0.6) is 0 Å². The molecular weight excluding hydrogens is 280 g/mol. The molecule has 1 aromatic carbocycles. The average molecular weight is 300 g/mol. The van der Waals surface area contributed by atoms with Crippen molar-refractivity contribution >= 4 is 23.0 Å². The van der Waals surface area contributed by atoms with E-state index in [1.54, 1.807) is 11.3 Å². The second-order valence-corrected chi connectivity index (χ2v) is 6.19. The summed E-state index contributed by atoms with van der Waals surface area (Å²) in [6.07, 6.45) is 4.59. The van der Waals surface area contributed by atoms with E-state index in [9.17, 15) is 0 Å². The van der Waals surface area contributed by atoms with Crippen molar-refractivity contribution in [3.8, 4) is 0 Å². The molecule has 0 bridgehead atoms. The van der Waals surface area contributed by atoms with Crippen LogP contribution in [0, 0.1) is 0 Å². The van der Waals surface area contributed by atoms with Gasteiger partial charge in [-0.05, 0) is 48.9 Å². The zero-order valence-electron chi connectivity index (χ0n) is 12.2. The summed E-state index contributed by atoms with van der Waals surface area (Å²) in [5.41, 5.74) is 10.8. The molecule has 0 atom stereocenters. The van der Waals surface area contributed by atoms with Gasteiger partial charge < -0.3 is 11.1 Å². The normalized spacial score (nSPS) is 14.2. The smallest absolute Gasteiger partial charge is 0.193 e.